The lowest BCUT2D eigenvalue weighted by Crippen LogP contribution is -2.40. The van der Waals surface area contributed by atoms with Crippen molar-refractivity contribution in [1.29, 1.82) is 0 Å². The number of hydrogen-bond acceptors (Lipinski definition) is 5. The van der Waals surface area contributed by atoms with Gasteiger partial charge in [0.2, 0.25) is 5.95 Å². The van der Waals surface area contributed by atoms with Crippen molar-refractivity contribution >= 4 is 22.8 Å². The van der Waals surface area contributed by atoms with Crippen molar-refractivity contribution in [2.75, 3.05) is 11.6 Å². The van der Waals surface area contributed by atoms with E-state index in [4.69, 9.17) is 0 Å². The lowest BCUT2D eigenvalue weighted by atomic mass is 10.1. The summed E-state index contributed by atoms with van der Waals surface area (Å²) in [7, 11) is 1.65. The molecule has 0 saturated carbocycles. The second kappa shape index (κ2) is 6.88. The predicted molar refractivity (Wildman–Crippen MR) is 115 cm³/mol. The molecule has 1 atom stereocenters. The normalized spacial score (nSPS) is 16.1. The van der Waals surface area contributed by atoms with E-state index in [9.17, 15) is 9.59 Å². The van der Waals surface area contributed by atoms with Crippen LogP contribution in [-0.4, -0.2) is 30.9 Å². The van der Waals surface area contributed by atoms with E-state index in [0.717, 1.165) is 16.8 Å². The molecule has 2 aromatic heterocycles. The standard InChI is InChI=1S/C21H24N6O2/c1-6-11-26-20-22-18-17(27(20)15(4)14(3)23-26)19(28)25(21(29)24(18)5)12-16-10-8-7-9-13(16)2/h6-10,15H,1,11-12H2,2-5H3/t15-/m1/s1. The number of hydrazone groups is 1. The molecule has 0 aliphatic carbocycles. The van der Waals surface area contributed by atoms with Crippen molar-refractivity contribution in [3.63, 3.8) is 0 Å². The minimum atomic E-state index is -0.387. The van der Waals surface area contributed by atoms with Gasteiger partial charge in [0.05, 0.1) is 24.8 Å². The van der Waals surface area contributed by atoms with E-state index >= 15 is 0 Å². The zero-order valence-corrected chi connectivity index (χ0v) is 17.1. The van der Waals surface area contributed by atoms with Gasteiger partial charge in [-0.25, -0.2) is 9.80 Å². The molecule has 3 heterocycles. The Morgan fingerprint density at radius 1 is 1.21 bits per heavy atom. The third-order valence-electron chi connectivity index (χ3n) is 5.55. The number of rotatable bonds is 4. The fourth-order valence-corrected chi connectivity index (χ4v) is 3.72. The number of benzene rings is 1. The molecule has 1 aromatic carbocycles. The average Bonchev–Trinajstić information content (AvgIpc) is 3.10. The Kier molecular flexibility index (Phi) is 4.49. The molecule has 0 bridgehead atoms. The summed E-state index contributed by atoms with van der Waals surface area (Å²) in [5, 5.41) is 6.28. The monoisotopic (exact) mass is 392 g/mol. The third-order valence-corrected chi connectivity index (χ3v) is 5.55. The SMILES string of the molecule is C=CCN1N=C(C)[C@@H](C)n2c1nc1c2c(=O)n(Cc2ccccc2C)c(=O)n1C. The Hall–Kier alpha value is -3.42. The van der Waals surface area contributed by atoms with Crippen LogP contribution in [0.25, 0.3) is 11.2 Å². The van der Waals surface area contributed by atoms with Crippen molar-refractivity contribution in [3.8, 4) is 0 Å². The lowest BCUT2D eigenvalue weighted by molar-refractivity contribution is 0.633. The number of nitrogens with zero attached hydrogens (tertiary/aromatic N) is 6. The Bertz CT molecular complexity index is 1280. The van der Waals surface area contributed by atoms with Crippen LogP contribution in [0.15, 0.2) is 51.6 Å². The van der Waals surface area contributed by atoms with Gasteiger partial charge in [-0.3, -0.25) is 18.5 Å². The van der Waals surface area contributed by atoms with Crippen molar-refractivity contribution < 1.29 is 0 Å². The molecule has 1 aliphatic heterocycles. The molecule has 8 nitrogen and oxygen atoms in total. The van der Waals surface area contributed by atoms with E-state index in [1.807, 2.05) is 49.6 Å². The molecular weight excluding hydrogens is 368 g/mol. The molecule has 0 N–H and O–H groups in total. The van der Waals surface area contributed by atoms with Gasteiger partial charge in [-0.15, -0.1) is 6.58 Å². The first-order valence-corrected chi connectivity index (χ1v) is 9.55. The van der Waals surface area contributed by atoms with Gasteiger partial charge in [0, 0.05) is 7.05 Å². The van der Waals surface area contributed by atoms with E-state index in [0.29, 0.717) is 23.7 Å². The second-order valence-electron chi connectivity index (χ2n) is 7.40. The van der Waals surface area contributed by atoms with Crippen LogP contribution in [0.1, 0.15) is 31.0 Å². The zero-order chi connectivity index (χ0) is 20.9. The maximum Gasteiger partial charge on any atom is 0.332 e. The summed E-state index contributed by atoms with van der Waals surface area (Å²) >= 11 is 0. The number of fused-ring (bicyclic) bond motifs is 3. The first-order valence-electron chi connectivity index (χ1n) is 9.55. The van der Waals surface area contributed by atoms with Gasteiger partial charge in [0.25, 0.3) is 5.56 Å². The van der Waals surface area contributed by atoms with Crippen LogP contribution in [-0.2, 0) is 13.6 Å². The second-order valence-corrected chi connectivity index (χ2v) is 7.40. The predicted octanol–water partition coefficient (Wildman–Crippen LogP) is 2.20. The zero-order valence-electron chi connectivity index (χ0n) is 17.1. The quantitative estimate of drug-likeness (QED) is 0.638. The van der Waals surface area contributed by atoms with Gasteiger partial charge in [-0.05, 0) is 31.9 Å². The summed E-state index contributed by atoms with van der Waals surface area (Å²) in [6.07, 6.45) is 1.73. The highest BCUT2D eigenvalue weighted by molar-refractivity contribution is 5.91. The van der Waals surface area contributed by atoms with Gasteiger partial charge in [-0.2, -0.15) is 10.1 Å². The maximum absolute atomic E-state index is 13.5. The molecule has 0 fully saturated rings. The molecule has 150 valence electrons. The Balaban J connectivity index is 2.01. The molecule has 0 radical (unpaired) electrons. The highest BCUT2D eigenvalue weighted by atomic mass is 16.2. The fraction of sp³-hybridized carbons (Fsp3) is 0.333. The van der Waals surface area contributed by atoms with E-state index in [1.54, 1.807) is 18.1 Å². The van der Waals surface area contributed by atoms with Crippen LogP contribution in [0.5, 0.6) is 0 Å². The van der Waals surface area contributed by atoms with Gasteiger partial charge in [-0.1, -0.05) is 30.3 Å². The van der Waals surface area contributed by atoms with Gasteiger partial charge in [0.1, 0.15) is 0 Å². The smallest absolute Gasteiger partial charge is 0.294 e. The van der Waals surface area contributed by atoms with Crippen LogP contribution in [0.3, 0.4) is 0 Å². The largest absolute Gasteiger partial charge is 0.332 e. The average molecular weight is 392 g/mol. The van der Waals surface area contributed by atoms with Crippen molar-refractivity contribution in [1.82, 2.24) is 18.7 Å². The van der Waals surface area contributed by atoms with Crippen molar-refractivity contribution in [2.45, 2.75) is 33.4 Å². The molecule has 0 amide bonds. The number of aromatic nitrogens is 4. The van der Waals surface area contributed by atoms with Gasteiger partial charge in [0.15, 0.2) is 11.2 Å². The Labute approximate surface area is 168 Å². The van der Waals surface area contributed by atoms with E-state index in [-0.39, 0.29) is 23.8 Å². The Morgan fingerprint density at radius 3 is 2.62 bits per heavy atom. The van der Waals surface area contributed by atoms with E-state index in [1.165, 1.54) is 9.13 Å². The number of imidazole rings is 1. The fourth-order valence-electron chi connectivity index (χ4n) is 3.72. The third kappa shape index (κ3) is 2.83. The first kappa shape index (κ1) is 18.9. The summed E-state index contributed by atoms with van der Waals surface area (Å²) in [4.78, 5) is 31.1. The number of anilines is 1. The highest BCUT2D eigenvalue weighted by Crippen LogP contribution is 2.29. The molecule has 29 heavy (non-hydrogen) atoms. The van der Waals surface area contributed by atoms with Crippen LogP contribution in [0, 0.1) is 6.92 Å². The van der Waals surface area contributed by atoms with Crippen molar-refractivity contribution in [3.05, 3.63) is 68.9 Å². The number of hydrogen-bond donors (Lipinski definition) is 0. The molecule has 0 unspecified atom stereocenters. The van der Waals surface area contributed by atoms with Crippen molar-refractivity contribution in [2.24, 2.45) is 12.1 Å². The molecule has 8 heteroatoms. The van der Waals surface area contributed by atoms with Gasteiger partial charge < -0.3 is 0 Å². The minimum absolute atomic E-state index is 0.145. The molecule has 0 saturated heterocycles. The van der Waals surface area contributed by atoms with Crippen LogP contribution >= 0.6 is 0 Å². The summed E-state index contributed by atoms with van der Waals surface area (Å²) in [6.45, 7) is 10.3. The summed E-state index contributed by atoms with van der Waals surface area (Å²) in [5.41, 5.74) is 2.87. The topological polar surface area (TPSA) is 77.4 Å². The maximum atomic E-state index is 13.5. The molecule has 1 aliphatic rings. The summed E-state index contributed by atoms with van der Waals surface area (Å²) in [6, 6.07) is 7.61. The molecule has 3 aromatic rings. The molecular formula is C21H24N6O2. The molecule has 4 rings (SSSR count). The number of aryl methyl sites for hydroxylation is 2. The summed E-state index contributed by atoms with van der Waals surface area (Å²) in [5.74, 6) is 0.541. The van der Waals surface area contributed by atoms with E-state index < -0.39 is 0 Å². The Morgan fingerprint density at radius 2 is 1.93 bits per heavy atom. The van der Waals surface area contributed by atoms with E-state index in [2.05, 4.69) is 16.7 Å². The highest BCUT2D eigenvalue weighted by Gasteiger charge is 2.30. The van der Waals surface area contributed by atoms with Crippen LogP contribution in [0.2, 0.25) is 0 Å². The minimum Gasteiger partial charge on any atom is -0.294 e. The van der Waals surface area contributed by atoms with Crippen LogP contribution < -0.4 is 16.3 Å². The summed E-state index contributed by atoms with van der Waals surface area (Å²) < 4.78 is 4.59. The molecule has 0 spiro atoms. The van der Waals surface area contributed by atoms with Crippen LogP contribution in [0.4, 0.5) is 5.95 Å². The lowest BCUT2D eigenvalue weighted by Gasteiger charge is -2.28. The first-order chi connectivity index (χ1) is 13.8. The van der Waals surface area contributed by atoms with Gasteiger partial charge >= 0.3 is 5.69 Å².